The molecule has 0 saturated heterocycles. The third kappa shape index (κ3) is 3.85. The molecule has 3 N–H and O–H groups in total. The van der Waals surface area contributed by atoms with Gasteiger partial charge in [-0.2, -0.15) is 0 Å². The number of hydrogen-bond acceptors (Lipinski definition) is 5. The van der Waals surface area contributed by atoms with Crippen molar-refractivity contribution in [1.82, 2.24) is 4.98 Å². The third-order valence-electron chi connectivity index (χ3n) is 4.87. The van der Waals surface area contributed by atoms with Gasteiger partial charge in [0.25, 0.3) is 0 Å². The number of ether oxygens (including phenoxy) is 1. The van der Waals surface area contributed by atoms with E-state index in [0.29, 0.717) is 11.4 Å². The van der Waals surface area contributed by atoms with Gasteiger partial charge in [-0.3, -0.25) is 4.98 Å². The molecule has 3 aromatic carbocycles. The van der Waals surface area contributed by atoms with Crippen molar-refractivity contribution in [1.29, 1.82) is 0 Å². The van der Waals surface area contributed by atoms with Crippen LogP contribution >= 0.6 is 0 Å². The number of anilines is 3. The predicted octanol–water partition coefficient (Wildman–Crippen LogP) is 5.93. The van der Waals surface area contributed by atoms with Crippen LogP contribution in [0.4, 0.5) is 21.5 Å². The molecule has 1 aromatic heterocycles. The molecule has 5 nitrogen and oxygen atoms in total. The Bertz CT molecular complexity index is 1210. The van der Waals surface area contributed by atoms with Crippen LogP contribution < -0.4 is 15.4 Å². The molecule has 0 unspecified atom stereocenters. The number of phenols is 1. The summed E-state index contributed by atoms with van der Waals surface area (Å²) in [7, 11) is 1.52. The molecule has 152 valence electrons. The number of aromatic nitrogens is 1. The molecular weight excluding hydrogens is 381 g/mol. The quantitative estimate of drug-likeness (QED) is 0.372. The smallest absolute Gasteiger partial charge is 0.161 e. The van der Waals surface area contributed by atoms with Crippen LogP contribution in [0.15, 0.2) is 66.9 Å². The Morgan fingerprint density at radius 1 is 0.967 bits per heavy atom. The Morgan fingerprint density at radius 3 is 2.57 bits per heavy atom. The standard InChI is InChI=1S/C24H22FN3O2/c1-3-26-17-6-7-19(25)22(14-17)28-21-10-11-27-20-8-4-15(12-18(20)21)16-5-9-23(29)24(13-16)30-2/h4-14,26,29H,3H2,1-2H3,(H,27,28). The number of nitrogens with one attached hydrogen (secondary N) is 2. The lowest BCUT2D eigenvalue weighted by Gasteiger charge is -2.13. The molecule has 0 saturated carbocycles. The van der Waals surface area contributed by atoms with E-state index < -0.39 is 0 Å². The number of benzene rings is 3. The van der Waals surface area contributed by atoms with Crippen molar-refractivity contribution in [3.63, 3.8) is 0 Å². The Balaban J connectivity index is 1.77. The summed E-state index contributed by atoms with van der Waals surface area (Å²) in [6.07, 6.45) is 1.69. The van der Waals surface area contributed by atoms with E-state index in [1.807, 2.05) is 37.3 Å². The monoisotopic (exact) mass is 403 g/mol. The van der Waals surface area contributed by atoms with Crippen LogP contribution in [0.25, 0.3) is 22.0 Å². The highest BCUT2D eigenvalue weighted by atomic mass is 19.1. The maximum absolute atomic E-state index is 14.4. The van der Waals surface area contributed by atoms with Gasteiger partial charge >= 0.3 is 0 Å². The van der Waals surface area contributed by atoms with Crippen molar-refractivity contribution in [3.05, 3.63) is 72.7 Å². The summed E-state index contributed by atoms with van der Waals surface area (Å²) in [5.74, 6) is 0.155. The van der Waals surface area contributed by atoms with Crippen LogP contribution in [0.1, 0.15) is 6.92 Å². The number of halogens is 1. The molecule has 0 atom stereocenters. The summed E-state index contributed by atoms with van der Waals surface area (Å²) in [5.41, 5.74) is 4.59. The zero-order valence-electron chi connectivity index (χ0n) is 16.7. The number of phenolic OH excluding ortho intramolecular Hbond substituents is 1. The summed E-state index contributed by atoms with van der Waals surface area (Å²) >= 11 is 0. The molecule has 0 aliphatic heterocycles. The van der Waals surface area contributed by atoms with Gasteiger partial charge in [0.05, 0.1) is 18.3 Å². The number of nitrogens with zero attached hydrogens (tertiary/aromatic N) is 1. The molecule has 0 aliphatic carbocycles. The third-order valence-corrected chi connectivity index (χ3v) is 4.87. The van der Waals surface area contributed by atoms with Crippen LogP contribution in [0.2, 0.25) is 0 Å². The number of fused-ring (bicyclic) bond motifs is 1. The lowest BCUT2D eigenvalue weighted by atomic mass is 10.0. The van der Waals surface area contributed by atoms with Crippen molar-refractivity contribution in [2.75, 3.05) is 24.3 Å². The molecule has 6 heteroatoms. The maximum atomic E-state index is 14.4. The molecule has 0 aliphatic rings. The van der Waals surface area contributed by atoms with E-state index in [2.05, 4.69) is 15.6 Å². The van der Waals surface area contributed by atoms with Gasteiger partial charge in [0.15, 0.2) is 11.5 Å². The first kappa shape index (κ1) is 19.5. The van der Waals surface area contributed by atoms with Crippen LogP contribution in [-0.4, -0.2) is 23.7 Å². The Kier molecular flexibility index (Phi) is 5.39. The van der Waals surface area contributed by atoms with Gasteiger partial charge < -0.3 is 20.5 Å². The molecule has 1 heterocycles. The largest absolute Gasteiger partial charge is 0.504 e. The SMILES string of the molecule is CCNc1ccc(F)c(Nc2ccnc3ccc(-c4ccc(O)c(OC)c4)cc23)c1. The summed E-state index contributed by atoms with van der Waals surface area (Å²) < 4.78 is 19.6. The zero-order chi connectivity index (χ0) is 21.1. The fourth-order valence-corrected chi connectivity index (χ4v) is 3.37. The normalized spacial score (nSPS) is 10.8. The minimum atomic E-state index is -0.332. The molecule has 0 fully saturated rings. The summed E-state index contributed by atoms with van der Waals surface area (Å²) in [5, 5.41) is 17.1. The second kappa shape index (κ2) is 8.29. The fraction of sp³-hybridized carbons (Fsp3) is 0.125. The van der Waals surface area contributed by atoms with Crippen molar-refractivity contribution in [2.45, 2.75) is 6.92 Å². The average molecular weight is 403 g/mol. The summed E-state index contributed by atoms with van der Waals surface area (Å²) in [6, 6.07) is 17.8. The first-order valence-electron chi connectivity index (χ1n) is 9.65. The zero-order valence-corrected chi connectivity index (χ0v) is 16.7. The van der Waals surface area contributed by atoms with Gasteiger partial charge in [-0.1, -0.05) is 12.1 Å². The predicted molar refractivity (Wildman–Crippen MR) is 119 cm³/mol. The van der Waals surface area contributed by atoms with E-state index in [1.54, 1.807) is 30.5 Å². The van der Waals surface area contributed by atoms with Crippen molar-refractivity contribution in [2.24, 2.45) is 0 Å². The highest BCUT2D eigenvalue weighted by Gasteiger charge is 2.10. The van der Waals surface area contributed by atoms with E-state index in [4.69, 9.17) is 4.74 Å². The van der Waals surface area contributed by atoms with Gasteiger partial charge in [-0.05, 0) is 66.6 Å². The second-order valence-corrected chi connectivity index (χ2v) is 6.83. The summed E-state index contributed by atoms with van der Waals surface area (Å²) in [4.78, 5) is 4.42. The van der Waals surface area contributed by atoms with E-state index >= 15 is 0 Å². The first-order valence-corrected chi connectivity index (χ1v) is 9.65. The topological polar surface area (TPSA) is 66.4 Å². The first-order chi connectivity index (χ1) is 14.6. The molecule has 0 amide bonds. The molecule has 4 rings (SSSR count). The molecule has 0 radical (unpaired) electrons. The Hall–Kier alpha value is -3.80. The van der Waals surface area contributed by atoms with E-state index in [-0.39, 0.29) is 11.6 Å². The van der Waals surface area contributed by atoms with Crippen LogP contribution in [0.3, 0.4) is 0 Å². The summed E-state index contributed by atoms with van der Waals surface area (Å²) in [6.45, 7) is 2.75. The Morgan fingerprint density at radius 2 is 1.77 bits per heavy atom. The van der Waals surface area contributed by atoms with Gasteiger partial charge in [0.2, 0.25) is 0 Å². The Labute approximate surface area is 174 Å². The van der Waals surface area contributed by atoms with Crippen LogP contribution in [-0.2, 0) is 0 Å². The number of hydrogen-bond donors (Lipinski definition) is 3. The molecular formula is C24H22FN3O2. The molecule has 30 heavy (non-hydrogen) atoms. The van der Waals surface area contributed by atoms with Crippen molar-refractivity contribution < 1.29 is 14.2 Å². The lowest BCUT2D eigenvalue weighted by Crippen LogP contribution is -2.00. The minimum absolute atomic E-state index is 0.0853. The van der Waals surface area contributed by atoms with Crippen LogP contribution in [0.5, 0.6) is 11.5 Å². The highest BCUT2D eigenvalue weighted by molar-refractivity contribution is 5.96. The molecule has 4 aromatic rings. The average Bonchev–Trinajstić information content (AvgIpc) is 2.76. The number of pyridine rings is 1. The molecule has 0 spiro atoms. The number of rotatable bonds is 6. The van der Waals surface area contributed by atoms with E-state index in [1.165, 1.54) is 13.2 Å². The highest BCUT2D eigenvalue weighted by Crippen LogP contribution is 2.34. The maximum Gasteiger partial charge on any atom is 0.161 e. The van der Waals surface area contributed by atoms with Gasteiger partial charge in [-0.25, -0.2) is 4.39 Å². The van der Waals surface area contributed by atoms with Crippen molar-refractivity contribution >= 4 is 28.0 Å². The number of aromatic hydroxyl groups is 1. The fourth-order valence-electron chi connectivity index (χ4n) is 3.37. The lowest BCUT2D eigenvalue weighted by molar-refractivity contribution is 0.373. The minimum Gasteiger partial charge on any atom is -0.504 e. The van der Waals surface area contributed by atoms with E-state index in [0.717, 1.165) is 39.9 Å². The molecule has 0 bridgehead atoms. The van der Waals surface area contributed by atoms with Gasteiger partial charge in [-0.15, -0.1) is 0 Å². The van der Waals surface area contributed by atoms with Crippen LogP contribution in [0, 0.1) is 5.82 Å². The van der Waals surface area contributed by atoms with Gasteiger partial charge in [0, 0.05) is 29.5 Å². The second-order valence-electron chi connectivity index (χ2n) is 6.83. The number of methoxy groups -OCH3 is 1. The van der Waals surface area contributed by atoms with E-state index in [9.17, 15) is 9.50 Å². The van der Waals surface area contributed by atoms with Crippen molar-refractivity contribution in [3.8, 4) is 22.6 Å². The van der Waals surface area contributed by atoms with Gasteiger partial charge in [0.1, 0.15) is 5.82 Å².